The SMILES string of the molecule is Cc1cc(C(=O)N(C)c2ccccc2N)sc1C. The Labute approximate surface area is 111 Å². The van der Waals surface area contributed by atoms with Gasteiger partial charge in [0.1, 0.15) is 0 Å². The van der Waals surface area contributed by atoms with Gasteiger partial charge in [0.2, 0.25) is 0 Å². The minimum atomic E-state index is -0.0194. The highest BCUT2D eigenvalue weighted by molar-refractivity contribution is 7.14. The molecule has 1 aromatic carbocycles. The van der Waals surface area contributed by atoms with Crippen molar-refractivity contribution in [2.45, 2.75) is 13.8 Å². The fraction of sp³-hybridized carbons (Fsp3) is 0.214. The van der Waals surface area contributed by atoms with Crippen molar-refractivity contribution in [3.05, 3.63) is 45.6 Å². The molecule has 0 saturated heterocycles. The Bertz CT molecular complexity index is 570. The monoisotopic (exact) mass is 260 g/mol. The molecule has 94 valence electrons. The number of nitrogens with two attached hydrogens (primary N) is 1. The lowest BCUT2D eigenvalue weighted by Gasteiger charge is -2.18. The van der Waals surface area contributed by atoms with Crippen molar-refractivity contribution in [3.8, 4) is 0 Å². The number of hydrogen-bond acceptors (Lipinski definition) is 3. The van der Waals surface area contributed by atoms with Crippen LogP contribution >= 0.6 is 11.3 Å². The molecule has 0 spiro atoms. The van der Waals surface area contributed by atoms with E-state index in [1.807, 2.05) is 38.1 Å². The van der Waals surface area contributed by atoms with Crippen molar-refractivity contribution in [1.29, 1.82) is 0 Å². The van der Waals surface area contributed by atoms with E-state index in [2.05, 4.69) is 0 Å². The predicted molar refractivity (Wildman–Crippen MR) is 77.4 cm³/mol. The molecule has 1 aromatic heterocycles. The molecule has 2 rings (SSSR count). The van der Waals surface area contributed by atoms with Gasteiger partial charge in [0.05, 0.1) is 16.3 Å². The number of amides is 1. The van der Waals surface area contributed by atoms with E-state index in [4.69, 9.17) is 5.73 Å². The second kappa shape index (κ2) is 4.82. The maximum Gasteiger partial charge on any atom is 0.268 e. The molecular weight excluding hydrogens is 244 g/mol. The molecule has 4 heteroatoms. The molecule has 2 aromatic rings. The Morgan fingerprint density at radius 2 is 1.94 bits per heavy atom. The van der Waals surface area contributed by atoms with Crippen molar-refractivity contribution in [2.24, 2.45) is 0 Å². The summed E-state index contributed by atoms with van der Waals surface area (Å²) >= 11 is 1.52. The first-order valence-corrected chi connectivity index (χ1v) is 6.52. The maximum atomic E-state index is 12.3. The molecule has 0 aliphatic rings. The maximum absolute atomic E-state index is 12.3. The largest absolute Gasteiger partial charge is 0.397 e. The number of carbonyl (C=O) groups is 1. The van der Waals surface area contributed by atoms with E-state index in [9.17, 15) is 4.79 Å². The highest BCUT2D eigenvalue weighted by atomic mass is 32.1. The van der Waals surface area contributed by atoms with E-state index in [0.29, 0.717) is 5.69 Å². The number of aryl methyl sites for hydroxylation is 2. The van der Waals surface area contributed by atoms with Gasteiger partial charge in [-0.05, 0) is 37.6 Å². The summed E-state index contributed by atoms with van der Waals surface area (Å²) in [6, 6.07) is 9.31. The molecule has 0 atom stereocenters. The zero-order chi connectivity index (χ0) is 13.3. The van der Waals surface area contributed by atoms with Crippen LogP contribution in [-0.2, 0) is 0 Å². The van der Waals surface area contributed by atoms with Crippen LogP contribution in [0.15, 0.2) is 30.3 Å². The smallest absolute Gasteiger partial charge is 0.268 e. The van der Waals surface area contributed by atoms with Gasteiger partial charge < -0.3 is 10.6 Å². The Morgan fingerprint density at radius 1 is 1.28 bits per heavy atom. The van der Waals surface area contributed by atoms with Crippen molar-refractivity contribution < 1.29 is 4.79 Å². The van der Waals surface area contributed by atoms with E-state index in [1.165, 1.54) is 16.2 Å². The zero-order valence-electron chi connectivity index (χ0n) is 10.7. The lowest BCUT2D eigenvalue weighted by molar-refractivity contribution is 0.0997. The van der Waals surface area contributed by atoms with Crippen LogP contribution in [0.3, 0.4) is 0 Å². The molecule has 0 fully saturated rings. The van der Waals surface area contributed by atoms with Crippen LogP contribution in [0.4, 0.5) is 11.4 Å². The van der Waals surface area contributed by atoms with E-state index < -0.39 is 0 Å². The number of nitrogen functional groups attached to an aromatic ring is 1. The second-order valence-corrected chi connectivity index (χ2v) is 5.53. The topological polar surface area (TPSA) is 46.3 Å². The molecule has 0 radical (unpaired) electrons. The summed E-state index contributed by atoms with van der Waals surface area (Å²) in [6.45, 7) is 4.03. The summed E-state index contributed by atoms with van der Waals surface area (Å²) in [5, 5.41) is 0. The minimum Gasteiger partial charge on any atom is -0.397 e. The van der Waals surface area contributed by atoms with Crippen LogP contribution in [0.5, 0.6) is 0 Å². The number of hydrogen-bond donors (Lipinski definition) is 1. The number of carbonyl (C=O) groups excluding carboxylic acids is 1. The second-order valence-electron chi connectivity index (χ2n) is 4.27. The lowest BCUT2D eigenvalue weighted by Crippen LogP contribution is -2.26. The molecule has 0 aliphatic carbocycles. The number of benzene rings is 1. The van der Waals surface area contributed by atoms with Gasteiger partial charge in [0.15, 0.2) is 0 Å². The van der Waals surface area contributed by atoms with E-state index >= 15 is 0 Å². The Morgan fingerprint density at radius 3 is 2.50 bits per heavy atom. The van der Waals surface area contributed by atoms with Crippen LogP contribution in [0.25, 0.3) is 0 Å². The number of para-hydroxylation sites is 2. The molecular formula is C14H16N2OS. The molecule has 0 saturated carbocycles. The fourth-order valence-electron chi connectivity index (χ4n) is 1.75. The molecule has 0 bridgehead atoms. The normalized spacial score (nSPS) is 10.4. The summed E-state index contributed by atoms with van der Waals surface area (Å²) in [4.78, 5) is 15.9. The van der Waals surface area contributed by atoms with Gasteiger partial charge in [0.25, 0.3) is 5.91 Å². The van der Waals surface area contributed by atoms with Gasteiger partial charge in [-0.3, -0.25) is 4.79 Å². The first-order valence-electron chi connectivity index (χ1n) is 5.70. The van der Waals surface area contributed by atoms with Crippen LogP contribution in [0.2, 0.25) is 0 Å². The molecule has 3 nitrogen and oxygen atoms in total. The van der Waals surface area contributed by atoms with Gasteiger partial charge in [-0.15, -0.1) is 11.3 Å². The molecule has 2 N–H and O–H groups in total. The lowest BCUT2D eigenvalue weighted by atomic mass is 10.2. The molecule has 0 aliphatic heterocycles. The molecule has 1 heterocycles. The third-order valence-corrected chi connectivity index (χ3v) is 4.12. The zero-order valence-corrected chi connectivity index (χ0v) is 11.5. The summed E-state index contributed by atoms with van der Waals surface area (Å²) < 4.78 is 0. The van der Waals surface area contributed by atoms with Crippen LogP contribution in [0, 0.1) is 13.8 Å². The summed E-state index contributed by atoms with van der Waals surface area (Å²) in [6.07, 6.45) is 0. The van der Waals surface area contributed by atoms with Crippen LogP contribution < -0.4 is 10.6 Å². The Kier molecular flexibility index (Phi) is 3.39. The number of thiophene rings is 1. The van der Waals surface area contributed by atoms with Gasteiger partial charge in [-0.25, -0.2) is 0 Å². The number of nitrogens with zero attached hydrogens (tertiary/aromatic N) is 1. The van der Waals surface area contributed by atoms with Gasteiger partial charge in [-0.1, -0.05) is 12.1 Å². The number of rotatable bonds is 2. The highest BCUT2D eigenvalue weighted by Crippen LogP contribution is 2.26. The predicted octanol–water partition coefficient (Wildman–Crippen LogP) is 3.22. The summed E-state index contributed by atoms with van der Waals surface area (Å²) in [5.74, 6) is -0.0194. The molecule has 0 unspecified atom stereocenters. The van der Waals surface area contributed by atoms with E-state index in [1.54, 1.807) is 18.0 Å². The van der Waals surface area contributed by atoms with Crippen LogP contribution in [0.1, 0.15) is 20.1 Å². The molecule has 1 amide bonds. The van der Waals surface area contributed by atoms with E-state index in [-0.39, 0.29) is 5.91 Å². The summed E-state index contributed by atoms with van der Waals surface area (Å²) in [7, 11) is 1.75. The minimum absolute atomic E-state index is 0.0194. The van der Waals surface area contributed by atoms with Crippen molar-refractivity contribution in [2.75, 3.05) is 17.7 Å². The Balaban J connectivity index is 2.32. The summed E-state index contributed by atoms with van der Waals surface area (Å²) in [5.41, 5.74) is 8.38. The van der Waals surface area contributed by atoms with Crippen LogP contribution in [-0.4, -0.2) is 13.0 Å². The highest BCUT2D eigenvalue weighted by Gasteiger charge is 2.17. The standard InChI is InChI=1S/C14H16N2OS/c1-9-8-13(18-10(9)2)14(17)16(3)12-7-5-4-6-11(12)15/h4-8H,15H2,1-3H3. The first kappa shape index (κ1) is 12.6. The van der Waals surface area contributed by atoms with Crippen molar-refractivity contribution in [1.82, 2.24) is 0 Å². The van der Waals surface area contributed by atoms with E-state index in [0.717, 1.165) is 16.1 Å². The third kappa shape index (κ3) is 2.24. The quantitative estimate of drug-likeness (QED) is 0.843. The third-order valence-electron chi connectivity index (χ3n) is 2.98. The Hall–Kier alpha value is -1.81. The first-order chi connectivity index (χ1) is 8.50. The number of anilines is 2. The van der Waals surface area contributed by atoms with Crippen molar-refractivity contribution >= 4 is 28.6 Å². The average Bonchev–Trinajstić information content (AvgIpc) is 2.68. The van der Waals surface area contributed by atoms with Gasteiger partial charge in [0, 0.05) is 11.9 Å². The van der Waals surface area contributed by atoms with Crippen molar-refractivity contribution in [3.63, 3.8) is 0 Å². The average molecular weight is 260 g/mol. The molecule has 18 heavy (non-hydrogen) atoms. The fourth-order valence-corrected chi connectivity index (χ4v) is 2.76. The van der Waals surface area contributed by atoms with Gasteiger partial charge >= 0.3 is 0 Å². The van der Waals surface area contributed by atoms with Gasteiger partial charge in [-0.2, -0.15) is 0 Å².